The number of hydrogen-bond donors (Lipinski definition) is 1. The maximum absolute atomic E-state index is 9.90. The molecule has 0 unspecified atom stereocenters. The molecule has 0 aliphatic carbocycles. The largest absolute Gasteiger partial charge is 0.337 e. The van der Waals surface area contributed by atoms with Gasteiger partial charge in [0.1, 0.15) is 11.9 Å². The Bertz CT molecular complexity index is 1490. The lowest BCUT2D eigenvalue weighted by molar-refractivity contribution is 0.689. The van der Waals surface area contributed by atoms with Gasteiger partial charge in [-0.25, -0.2) is 4.98 Å². The van der Waals surface area contributed by atoms with E-state index in [1.165, 1.54) is 0 Å². The standard InChI is InChI=1S/C26H17Cl2N5/c27-21-11-10-18(22(28)13-21)15-33-16-20(25(32-33)17-6-2-1-3-7-17)12-19(14-29)26-30-23-8-4-5-9-24(23)31-26/h1-13,16H,15H2,(H,30,31)/b19-12+. The van der Waals surface area contributed by atoms with Crippen LogP contribution in [0.5, 0.6) is 0 Å². The van der Waals surface area contributed by atoms with Gasteiger partial charge in [0.25, 0.3) is 0 Å². The molecule has 5 aromatic rings. The zero-order valence-corrected chi connectivity index (χ0v) is 18.8. The van der Waals surface area contributed by atoms with E-state index in [0.29, 0.717) is 28.0 Å². The van der Waals surface area contributed by atoms with Crippen LogP contribution in [0, 0.1) is 11.3 Å². The fraction of sp³-hybridized carbons (Fsp3) is 0.0385. The molecule has 5 rings (SSSR count). The molecule has 33 heavy (non-hydrogen) atoms. The number of nitrogens with zero attached hydrogens (tertiary/aromatic N) is 4. The van der Waals surface area contributed by atoms with E-state index >= 15 is 0 Å². The SMILES string of the molecule is N#C/C(=C\c1cn(Cc2ccc(Cl)cc2Cl)nc1-c1ccccc1)c1nc2ccccc2[nH]1. The van der Waals surface area contributed by atoms with Crippen molar-refractivity contribution in [2.45, 2.75) is 6.54 Å². The quantitative estimate of drug-likeness (QED) is 0.286. The molecule has 0 radical (unpaired) electrons. The molecule has 2 aromatic heterocycles. The van der Waals surface area contributed by atoms with Crippen LogP contribution in [0.2, 0.25) is 10.0 Å². The highest BCUT2D eigenvalue weighted by Crippen LogP contribution is 2.28. The maximum Gasteiger partial charge on any atom is 0.149 e. The number of benzene rings is 3. The number of fused-ring (bicyclic) bond motifs is 1. The fourth-order valence-electron chi connectivity index (χ4n) is 3.66. The molecule has 0 spiro atoms. The van der Waals surface area contributed by atoms with Gasteiger partial charge in [-0.2, -0.15) is 10.4 Å². The molecule has 2 heterocycles. The molecule has 1 N–H and O–H groups in total. The van der Waals surface area contributed by atoms with Crippen molar-refractivity contribution in [1.29, 1.82) is 5.26 Å². The van der Waals surface area contributed by atoms with Gasteiger partial charge in [-0.1, -0.05) is 71.7 Å². The second kappa shape index (κ2) is 8.95. The topological polar surface area (TPSA) is 70.3 Å². The molecule has 0 saturated carbocycles. The smallest absolute Gasteiger partial charge is 0.149 e. The van der Waals surface area contributed by atoms with Gasteiger partial charge in [-0.3, -0.25) is 4.68 Å². The third kappa shape index (κ3) is 4.40. The molecule has 0 fully saturated rings. The van der Waals surface area contributed by atoms with Crippen molar-refractivity contribution in [2.75, 3.05) is 0 Å². The van der Waals surface area contributed by atoms with Gasteiger partial charge < -0.3 is 4.98 Å². The Morgan fingerprint density at radius 1 is 1.03 bits per heavy atom. The summed E-state index contributed by atoms with van der Waals surface area (Å²) in [5.41, 5.74) is 5.54. The van der Waals surface area contributed by atoms with Crippen molar-refractivity contribution in [3.8, 4) is 17.3 Å². The number of H-pyrrole nitrogens is 1. The number of nitriles is 1. The molecule has 0 aliphatic heterocycles. The van der Waals surface area contributed by atoms with E-state index in [0.717, 1.165) is 33.4 Å². The van der Waals surface area contributed by atoms with Crippen LogP contribution in [0.15, 0.2) is 79.0 Å². The van der Waals surface area contributed by atoms with E-state index in [4.69, 9.17) is 28.3 Å². The second-order valence-electron chi connectivity index (χ2n) is 7.50. The summed E-state index contributed by atoms with van der Waals surface area (Å²) in [6, 6.07) is 25.2. The molecule has 160 valence electrons. The molecule has 3 aromatic carbocycles. The van der Waals surface area contributed by atoms with E-state index in [9.17, 15) is 5.26 Å². The number of aromatic nitrogens is 4. The fourth-order valence-corrected chi connectivity index (χ4v) is 4.13. The van der Waals surface area contributed by atoms with Crippen molar-refractivity contribution in [2.24, 2.45) is 0 Å². The first kappa shape index (κ1) is 21.0. The molecular formula is C26H17Cl2N5. The highest BCUT2D eigenvalue weighted by Gasteiger charge is 2.14. The van der Waals surface area contributed by atoms with Gasteiger partial charge in [0, 0.05) is 27.4 Å². The van der Waals surface area contributed by atoms with Crippen molar-refractivity contribution in [1.82, 2.24) is 19.7 Å². The maximum atomic E-state index is 9.90. The number of hydrogen-bond acceptors (Lipinski definition) is 3. The summed E-state index contributed by atoms with van der Waals surface area (Å²) in [4.78, 5) is 7.80. The minimum absolute atomic E-state index is 0.424. The highest BCUT2D eigenvalue weighted by atomic mass is 35.5. The second-order valence-corrected chi connectivity index (χ2v) is 8.35. The zero-order valence-electron chi connectivity index (χ0n) is 17.3. The van der Waals surface area contributed by atoms with Crippen LogP contribution in [0.1, 0.15) is 17.0 Å². The van der Waals surface area contributed by atoms with Gasteiger partial charge in [0.2, 0.25) is 0 Å². The van der Waals surface area contributed by atoms with Crippen LogP contribution in [-0.4, -0.2) is 19.7 Å². The summed E-state index contributed by atoms with van der Waals surface area (Å²) in [7, 11) is 0. The van der Waals surface area contributed by atoms with Crippen molar-refractivity contribution < 1.29 is 0 Å². The Hall–Kier alpha value is -3.85. The summed E-state index contributed by atoms with van der Waals surface area (Å²) in [6.07, 6.45) is 3.72. The van der Waals surface area contributed by atoms with Gasteiger partial charge in [-0.15, -0.1) is 0 Å². The third-order valence-corrected chi connectivity index (χ3v) is 5.84. The predicted octanol–water partition coefficient (Wildman–Crippen LogP) is 6.85. The number of para-hydroxylation sites is 2. The lowest BCUT2D eigenvalue weighted by Crippen LogP contribution is -2.01. The van der Waals surface area contributed by atoms with Gasteiger partial charge in [0.15, 0.2) is 0 Å². The van der Waals surface area contributed by atoms with E-state index in [1.54, 1.807) is 12.1 Å². The summed E-state index contributed by atoms with van der Waals surface area (Å²) in [5, 5.41) is 15.9. The Labute approximate surface area is 200 Å². The first-order chi connectivity index (χ1) is 16.1. The van der Waals surface area contributed by atoms with Crippen LogP contribution in [-0.2, 0) is 6.54 Å². The summed E-state index contributed by atoms with van der Waals surface area (Å²) in [5.74, 6) is 0.520. The number of rotatable bonds is 5. The first-order valence-electron chi connectivity index (χ1n) is 10.2. The number of nitrogens with one attached hydrogen (secondary N) is 1. The summed E-state index contributed by atoms with van der Waals surface area (Å²) in [6.45, 7) is 0.468. The number of imidazole rings is 1. The molecule has 0 atom stereocenters. The number of halogens is 2. The number of aromatic amines is 1. The summed E-state index contributed by atoms with van der Waals surface area (Å²) < 4.78 is 1.82. The van der Waals surface area contributed by atoms with Crippen LogP contribution in [0.3, 0.4) is 0 Å². The Morgan fingerprint density at radius 2 is 1.82 bits per heavy atom. The normalized spacial score (nSPS) is 11.6. The Morgan fingerprint density at radius 3 is 2.58 bits per heavy atom. The van der Waals surface area contributed by atoms with E-state index in [2.05, 4.69) is 16.0 Å². The van der Waals surface area contributed by atoms with E-state index in [1.807, 2.05) is 77.6 Å². The minimum Gasteiger partial charge on any atom is -0.337 e. The predicted molar refractivity (Wildman–Crippen MR) is 133 cm³/mol. The van der Waals surface area contributed by atoms with Crippen LogP contribution in [0.4, 0.5) is 0 Å². The highest BCUT2D eigenvalue weighted by molar-refractivity contribution is 6.35. The monoisotopic (exact) mass is 469 g/mol. The van der Waals surface area contributed by atoms with Gasteiger partial charge >= 0.3 is 0 Å². The number of allylic oxidation sites excluding steroid dienone is 1. The molecule has 7 heteroatoms. The molecule has 5 nitrogen and oxygen atoms in total. The van der Waals surface area contributed by atoms with Gasteiger partial charge in [0.05, 0.1) is 28.8 Å². The van der Waals surface area contributed by atoms with Gasteiger partial charge in [-0.05, 0) is 35.9 Å². The van der Waals surface area contributed by atoms with Crippen molar-refractivity contribution >= 4 is 45.9 Å². The van der Waals surface area contributed by atoms with Crippen LogP contribution in [0.25, 0.3) is 33.9 Å². The van der Waals surface area contributed by atoms with Crippen LogP contribution >= 0.6 is 23.2 Å². The molecule has 0 saturated heterocycles. The lowest BCUT2D eigenvalue weighted by Gasteiger charge is -2.05. The Balaban J connectivity index is 1.59. The van der Waals surface area contributed by atoms with Crippen molar-refractivity contribution in [3.63, 3.8) is 0 Å². The third-order valence-electron chi connectivity index (χ3n) is 5.25. The van der Waals surface area contributed by atoms with Crippen molar-refractivity contribution in [3.05, 3.63) is 106 Å². The molecular weight excluding hydrogens is 453 g/mol. The Kier molecular flexibility index (Phi) is 5.70. The van der Waals surface area contributed by atoms with E-state index < -0.39 is 0 Å². The lowest BCUT2D eigenvalue weighted by atomic mass is 10.1. The minimum atomic E-state index is 0.424. The van der Waals surface area contributed by atoms with Crippen LogP contribution < -0.4 is 0 Å². The average molecular weight is 470 g/mol. The van der Waals surface area contributed by atoms with E-state index in [-0.39, 0.29) is 0 Å². The molecule has 0 bridgehead atoms. The average Bonchev–Trinajstić information content (AvgIpc) is 3.44. The zero-order chi connectivity index (χ0) is 22.8. The first-order valence-corrected chi connectivity index (χ1v) is 11.0. The molecule has 0 amide bonds. The summed E-state index contributed by atoms with van der Waals surface area (Å²) >= 11 is 12.4. The molecule has 0 aliphatic rings.